The van der Waals surface area contributed by atoms with Crippen molar-refractivity contribution in [3.05, 3.63) is 0 Å². The maximum absolute atomic E-state index is 11.3. The zero-order valence-corrected chi connectivity index (χ0v) is 9.45. The minimum atomic E-state index is -0.807. The van der Waals surface area contributed by atoms with Crippen LogP contribution in [0.3, 0.4) is 0 Å². The molecule has 0 aliphatic carbocycles. The predicted molar refractivity (Wildman–Crippen MR) is 55.6 cm³/mol. The zero-order chi connectivity index (χ0) is 11.8. The lowest BCUT2D eigenvalue weighted by molar-refractivity contribution is -0.137. The van der Waals surface area contributed by atoms with E-state index in [1.807, 2.05) is 6.92 Å². The second-order valence-corrected chi connectivity index (χ2v) is 3.57. The van der Waals surface area contributed by atoms with E-state index in [2.05, 4.69) is 5.32 Å². The number of carboxylic acids is 1. The van der Waals surface area contributed by atoms with E-state index in [0.717, 1.165) is 0 Å². The van der Waals surface area contributed by atoms with Gasteiger partial charge in [0.05, 0.1) is 0 Å². The molecule has 88 valence electrons. The number of amides is 1. The van der Waals surface area contributed by atoms with E-state index >= 15 is 0 Å². The van der Waals surface area contributed by atoms with Gasteiger partial charge in [0, 0.05) is 19.6 Å². The van der Waals surface area contributed by atoms with E-state index in [9.17, 15) is 9.59 Å². The Bertz CT molecular complexity index is 217. The molecule has 0 aliphatic rings. The molecule has 0 heterocycles. The molecule has 0 spiro atoms. The molecular weight excluding hydrogens is 198 g/mol. The lowest BCUT2D eigenvalue weighted by Gasteiger charge is -2.16. The van der Waals surface area contributed by atoms with Gasteiger partial charge < -0.3 is 15.2 Å². The molecule has 5 heteroatoms. The Balaban J connectivity index is 3.68. The van der Waals surface area contributed by atoms with E-state index in [-0.39, 0.29) is 18.4 Å². The average molecular weight is 217 g/mol. The third kappa shape index (κ3) is 6.90. The highest BCUT2D eigenvalue weighted by atomic mass is 16.5. The smallest absolute Gasteiger partial charge is 0.303 e. The summed E-state index contributed by atoms with van der Waals surface area (Å²) >= 11 is 0. The largest absolute Gasteiger partial charge is 0.481 e. The Kier molecular flexibility index (Phi) is 6.70. The third-order valence-corrected chi connectivity index (χ3v) is 2.14. The van der Waals surface area contributed by atoms with Gasteiger partial charge in [-0.15, -0.1) is 0 Å². The van der Waals surface area contributed by atoms with Crippen LogP contribution in [0.5, 0.6) is 0 Å². The molecular formula is C10H19NO4. The summed E-state index contributed by atoms with van der Waals surface area (Å²) in [5, 5.41) is 11.2. The summed E-state index contributed by atoms with van der Waals surface area (Å²) in [6.07, 6.45) is 0.902. The normalized spacial score (nSPS) is 14.3. The molecule has 0 radical (unpaired) electrons. The van der Waals surface area contributed by atoms with Gasteiger partial charge in [0.2, 0.25) is 5.91 Å². The highest BCUT2D eigenvalue weighted by Gasteiger charge is 2.13. The van der Waals surface area contributed by atoms with Gasteiger partial charge in [-0.1, -0.05) is 0 Å². The number of carbonyl (C=O) groups excluding carboxylic acids is 1. The van der Waals surface area contributed by atoms with Gasteiger partial charge in [-0.25, -0.2) is 0 Å². The van der Waals surface area contributed by atoms with E-state index in [0.29, 0.717) is 12.8 Å². The summed E-state index contributed by atoms with van der Waals surface area (Å²) in [7, 11) is 1.47. The van der Waals surface area contributed by atoms with Gasteiger partial charge in [0.15, 0.2) is 0 Å². The van der Waals surface area contributed by atoms with Crippen LogP contribution in [0.15, 0.2) is 0 Å². The Morgan fingerprint density at radius 1 is 1.40 bits per heavy atom. The van der Waals surface area contributed by atoms with Gasteiger partial charge in [-0.2, -0.15) is 0 Å². The van der Waals surface area contributed by atoms with E-state index in [1.54, 1.807) is 6.92 Å². The molecule has 0 saturated carbocycles. The maximum atomic E-state index is 11.3. The second-order valence-electron chi connectivity index (χ2n) is 3.57. The summed E-state index contributed by atoms with van der Waals surface area (Å²) < 4.78 is 4.85. The summed E-state index contributed by atoms with van der Waals surface area (Å²) in [5.41, 5.74) is 0. The summed E-state index contributed by atoms with van der Waals surface area (Å²) in [4.78, 5) is 21.6. The van der Waals surface area contributed by atoms with Crippen molar-refractivity contribution in [2.45, 2.75) is 45.3 Å². The highest BCUT2D eigenvalue weighted by molar-refractivity contribution is 5.80. The van der Waals surface area contributed by atoms with Gasteiger partial charge in [-0.3, -0.25) is 9.59 Å². The van der Waals surface area contributed by atoms with Crippen LogP contribution < -0.4 is 5.32 Å². The first-order valence-electron chi connectivity index (χ1n) is 5.02. The fourth-order valence-corrected chi connectivity index (χ4v) is 1.10. The quantitative estimate of drug-likeness (QED) is 0.660. The maximum Gasteiger partial charge on any atom is 0.303 e. The van der Waals surface area contributed by atoms with Gasteiger partial charge in [0.25, 0.3) is 0 Å². The van der Waals surface area contributed by atoms with Crippen LogP contribution >= 0.6 is 0 Å². The molecule has 0 aromatic heterocycles. The molecule has 0 aromatic carbocycles. The third-order valence-electron chi connectivity index (χ3n) is 2.14. The lowest BCUT2D eigenvalue weighted by atomic mass is 10.1. The zero-order valence-electron chi connectivity index (χ0n) is 9.45. The first-order chi connectivity index (χ1) is 6.97. The number of carboxylic acid groups (broad SMARTS) is 1. The molecule has 0 aliphatic heterocycles. The van der Waals surface area contributed by atoms with Crippen molar-refractivity contribution in [1.29, 1.82) is 0 Å². The monoisotopic (exact) mass is 217 g/mol. The lowest BCUT2D eigenvalue weighted by Crippen LogP contribution is -2.39. The first-order valence-corrected chi connectivity index (χ1v) is 5.02. The first kappa shape index (κ1) is 13.9. The number of nitrogens with one attached hydrogen (secondary N) is 1. The fraction of sp³-hybridized carbons (Fsp3) is 0.800. The Hall–Kier alpha value is -1.10. The molecule has 0 saturated heterocycles. The number of carbonyl (C=O) groups is 2. The van der Waals surface area contributed by atoms with Crippen molar-refractivity contribution in [3.63, 3.8) is 0 Å². The van der Waals surface area contributed by atoms with Gasteiger partial charge in [-0.05, 0) is 26.7 Å². The van der Waals surface area contributed by atoms with Gasteiger partial charge >= 0.3 is 5.97 Å². The average Bonchev–Trinajstić information content (AvgIpc) is 2.15. The number of methoxy groups -OCH3 is 1. The molecule has 2 unspecified atom stereocenters. The Labute approximate surface area is 89.8 Å². The molecule has 2 N–H and O–H groups in total. The minimum Gasteiger partial charge on any atom is -0.481 e. The molecule has 0 aromatic rings. The molecule has 5 nitrogen and oxygen atoms in total. The van der Waals surface area contributed by atoms with Crippen molar-refractivity contribution in [2.75, 3.05) is 7.11 Å². The summed E-state index contributed by atoms with van der Waals surface area (Å²) in [5.74, 6) is -0.973. The van der Waals surface area contributed by atoms with Crippen LogP contribution in [0.25, 0.3) is 0 Å². The molecule has 0 rings (SSSR count). The van der Waals surface area contributed by atoms with Crippen LogP contribution in [0.2, 0.25) is 0 Å². The predicted octanol–water partition coefficient (Wildman–Crippen LogP) is 0.781. The minimum absolute atomic E-state index is 0.0190. The topological polar surface area (TPSA) is 75.6 Å². The van der Waals surface area contributed by atoms with Crippen LogP contribution in [0, 0.1) is 0 Å². The van der Waals surface area contributed by atoms with Crippen LogP contribution in [0.4, 0.5) is 0 Å². The van der Waals surface area contributed by atoms with Crippen molar-refractivity contribution in [2.24, 2.45) is 0 Å². The van der Waals surface area contributed by atoms with Crippen molar-refractivity contribution in [3.8, 4) is 0 Å². The van der Waals surface area contributed by atoms with E-state index in [4.69, 9.17) is 9.84 Å². The Morgan fingerprint density at radius 2 is 2.00 bits per heavy atom. The molecule has 1 amide bonds. The molecule has 15 heavy (non-hydrogen) atoms. The fourth-order valence-electron chi connectivity index (χ4n) is 1.10. The molecule has 2 atom stereocenters. The van der Waals surface area contributed by atoms with Crippen LogP contribution in [-0.4, -0.2) is 36.2 Å². The summed E-state index contributed by atoms with van der Waals surface area (Å²) in [6.45, 7) is 3.52. The number of hydrogen-bond donors (Lipinski definition) is 2. The van der Waals surface area contributed by atoms with Crippen molar-refractivity contribution < 1.29 is 19.4 Å². The van der Waals surface area contributed by atoms with E-state index in [1.165, 1.54) is 7.11 Å². The second kappa shape index (κ2) is 7.23. The number of aliphatic carboxylic acids is 1. The van der Waals surface area contributed by atoms with Crippen molar-refractivity contribution >= 4 is 11.9 Å². The SMILES string of the molecule is COC(C)C(=O)NC(C)CCCC(=O)O. The summed E-state index contributed by atoms with van der Waals surface area (Å²) in [6, 6.07) is -0.0190. The Morgan fingerprint density at radius 3 is 2.47 bits per heavy atom. The van der Waals surface area contributed by atoms with Crippen LogP contribution in [0.1, 0.15) is 33.1 Å². The standard InChI is InChI=1S/C10H19NO4/c1-7(5-4-6-9(12)13)11-10(14)8(2)15-3/h7-8H,4-6H2,1-3H3,(H,11,14)(H,12,13). The number of hydrogen-bond acceptors (Lipinski definition) is 3. The van der Waals surface area contributed by atoms with Gasteiger partial charge in [0.1, 0.15) is 6.10 Å². The van der Waals surface area contributed by atoms with E-state index < -0.39 is 12.1 Å². The molecule has 0 bridgehead atoms. The van der Waals surface area contributed by atoms with Crippen LogP contribution in [-0.2, 0) is 14.3 Å². The van der Waals surface area contributed by atoms with Crippen molar-refractivity contribution in [1.82, 2.24) is 5.32 Å². The number of rotatable bonds is 7. The molecule has 0 fully saturated rings. The number of ether oxygens (including phenoxy) is 1. The highest BCUT2D eigenvalue weighted by Crippen LogP contribution is 2.01.